The predicted octanol–water partition coefficient (Wildman–Crippen LogP) is 5.65. The summed E-state index contributed by atoms with van der Waals surface area (Å²) in [6, 6.07) is 22.4. The van der Waals surface area contributed by atoms with Crippen molar-refractivity contribution in [3.63, 3.8) is 0 Å². The van der Waals surface area contributed by atoms with Gasteiger partial charge in [-0.25, -0.2) is 4.98 Å². The lowest BCUT2D eigenvalue weighted by atomic mass is 10.1. The van der Waals surface area contributed by atoms with Gasteiger partial charge < -0.3 is 14.1 Å². The first-order valence-corrected chi connectivity index (χ1v) is 13.2. The molecule has 0 aliphatic carbocycles. The second-order valence-electron chi connectivity index (χ2n) is 9.34. The van der Waals surface area contributed by atoms with Gasteiger partial charge in [0, 0.05) is 43.3 Å². The Morgan fingerprint density at radius 2 is 1.63 bits per heavy atom. The van der Waals surface area contributed by atoms with Gasteiger partial charge >= 0.3 is 0 Å². The van der Waals surface area contributed by atoms with Crippen LogP contribution in [0.1, 0.15) is 6.42 Å². The molecule has 3 aromatic carbocycles. The zero-order valence-corrected chi connectivity index (χ0v) is 21.6. The fraction of sp³-hybridized carbons (Fsp3) is 0.233. The Morgan fingerprint density at radius 3 is 2.45 bits per heavy atom. The molecule has 0 spiro atoms. The standard InChI is InChI=1S/C30H27ClN4O3/c31-22-12-10-21(11-13-22)29-30(28(36)23-6-1-4-9-26(23)38-29)37-19-5-14-34-15-17-35(18-16-34)27-20-32-24-7-2-3-8-25(24)33-27/h1-4,6-13,20H,5,14-19H2. The monoisotopic (exact) mass is 526 g/mol. The number of fused-ring (bicyclic) bond motifs is 2. The number of piperazine rings is 1. The van der Waals surface area contributed by atoms with E-state index in [4.69, 9.17) is 25.7 Å². The quantitative estimate of drug-likeness (QED) is 0.254. The van der Waals surface area contributed by atoms with E-state index in [0.717, 1.165) is 61.6 Å². The fourth-order valence-corrected chi connectivity index (χ4v) is 4.94. The van der Waals surface area contributed by atoms with Gasteiger partial charge in [0.1, 0.15) is 11.4 Å². The van der Waals surface area contributed by atoms with E-state index in [1.807, 2.05) is 54.7 Å². The van der Waals surface area contributed by atoms with Crippen LogP contribution in [0.3, 0.4) is 0 Å². The van der Waals surface area contributed by atoms with Gasteiger partial charge in [0.05, 0.1) is 29.2 Å². The van der Waals surface area contributed by atoms with Crippen LogP contribution in [0.5, 0.6) is 5.75 Å². The zero-order valence-electron chi connectivity index (χ0n) is 20.8. The van der Waals surface area contributed by atoms with E-state index < -0.39 is 0 Å². The smallest absolute Gasteiger partial charge is 0.235 e. The van der Waals surface area contributed by atoms with Gasteiger partial charge in [0.15, 0.2) is 5.76 Å². The summed E-state index contributed by atoms with van der Waals surface area (Å²) in [6.45, 7) is 4.95. The fourth-order valence-electron chi connectivity index (χ4n) is 4.81. The summed E-state index contributed by atoms with van der Waals surface area (Å²) in [4.78, 5) is 27.3. The summed E-state index contributed by atoms with van der Waals surface area (Å²) in [6.07, 6.45) is 2.65. The van der Waals surface area contributed by atoms with Crippen LogP contribution in [0.25, 0.3) is 33.3 Å². The number of halogens is 1. The van der Waals surface area contributed by atoms with Gasteiger partial charge in [-0.05, 0) is 55.0 Å². The number of benzene rings is 3. The number of ether oxygens (including phenoxy) is 1. The second-order valence-corrected chi connectivity index (χ2v) is 9.78. The van der Waals surface area contributed by atoms with E-state index in [1.54, 1.807) is 24.3 Å². The van der Waals surface area contributed by atoms with Crippen LogP contribution in [-0.2, 0) is 0 Å². The van der Waals surface area contributed by atoms with Crippen LogP contribution in [0.15, 0.2) is 88.2 Å². The minimum atomic E-state index is -0.165. The first kappa shape index (κ1) is 24.4. The molecule has 3 heterocycles. The third-order valence-corrected chi connectivity index (χ3v) is 7.11. The number of hydrogen-bond acceptors (Lipinski definition) is 7. The van der Waals surface area contributed by atoms with Crippen molar-refractivity contribution in [1.29, 1.82) is 0 Å². The number of hydrogen-bond donors (Lipinski definition) is 0. The molecule has 0 bridgehead atoms. The highest BCUT2D eigenvalue weighted by Gasteiger charge is 2.20. The van der Waals surface area contributed by atoms with Gasteiger partial charge in [-0.3, -0.25) is 14.7 Å². The largest absolute Gasteiger partial charge is 0.486 e. The normalized spacial score (nSPS) is 14.3. The summed E-state index contributed by atoms with van der Waals surface area (Å²) >= 11 is 6.07. The highest BCUT2D eigenvalue weighted by molar-refractivity contribution is 6.30. The molecule has 0 N–H and O–H groups in total. The van der Waals surface area contributed by atoms with E-state index in [2.05, 4.69) is 14.8 Å². The molecule has 6 rings (SSSR count). The maximum absolute atomic E-state index is 13.3. The average Bonchev–Trinajstić information content (AvgIpc) is 2.97. The maximum Gasteiger partial charge on any atom is 0.235 e. The van der Waals surface area contributed by atoms with Gasteiger partial charge in [0.25, 0.3) is 0 Å². The van der Waals surface area contributed by atoms with Crippen molar-refractivity contribution >= 4 is 39.4 Å². The third-order valence-electron chi connectivity index (χ3n) is 6.86. The number of aromatic nitrogens is 2. The third kappa shape index (κ3) is 5.08. The second kappa shape index (κ2) is 10.8. The minimum absolute atomic E-state index is 0.165. The first-order chi connectivity index (χ1) is 18.7. The van der Waals surface area contributed by atoms with Crippen molar-refractivity contribution in [1.82, 2.24) is 14.9 Å². The number of para-hydroxylation sites is 3. The molecule has 5 aromatic rings. The molecule has 0 radical (unpaired) electrons. The predicted molar refractivity (Wildman–Crippen MR) is 151 cm³/mol. The van der Waals surface area contributed by atoms with Crippen molar-refractivity contribution in [3.8, 4) is 17.1 Å². The molecular formula is C30H27ClN4O3. The van der Waals surface area contributed by atoms with Crippen molar-refractivity contribution in [2.24, 2.45) is 0 Å². The molecule has 1 saturated heterocycles. The SMILES string of the molecule is O=c1c(OCCCN2CCN(c3cnc4ccccc4n3)CC2)c(-c2ccc(Cl)cc2)oc2ccccc12. The van der Waals surface area contributed by atoms with Crippen LogP contribution in [-0.4, -0.2) is 54.2 Å². The van der Waals surface area contributed by atoms with E-state index in [1.165, 1.54) is 0 Å². The van der Waals surface area contributed by atoms with Crippen molar-refractivity contribution < 1.29 is 9.15 Å². The lowest BCUT2D eigenvalue weighted by Crippen LogP contribution is -2.47. The average molecular weight is 527 g/mol. The molecular weight excluding hydrogens is 500 g/mol. The van der Waals surface area contributed by atoms with Crippen molar-refractivity contribution in [2.45, 2.75) is 6.42 Å². The van der Waals surface area contributed by atoms with E-state index >= 15 is 0 Å². The molecule has 0 amide bonds. The molecule has 1 aliphatic rings. The van der Waals surface area contributed by atoms with Crippen molar-refractivity contribution in [2.75, 3.05) is 44.2 Å². The Morgan fingerprint density at radius 1 is 0.895 bits per heavy atom. The number of nitrogens with zero attached hydrogens (tertiary/aromatic N) is 4. The Kier molecular flexibility index (Phi) is 6.94. The molecule has 7 nitrogen and oxygen atoms in total. The summed E-state index contributed by atoms with van der Waals surface area (Å²) in [5.41, 5.74) is 2.95. The van der Waals surface area contributed by atoms with Crippen LogP contribution in [0.2, 0.25) is 5.02 Å². The maximum atomic E-state index is 13.3. The van der Waals surface area contributed by atoms with E-state index in [-0.39, 0.29) is 11.2 Å². The summed E-state index contributed by atoms with van der Waals surface area (Å²) in [7, 11) is 0. The Labute approximate surface area is 225 Å². The molecule has 1 fully saturated rings. The zero-order chi connectivity index (χ0) is 25.9. The molecule has 0 atom stereocenters. The lowest BCUT2D eigenvalue weighted by molar-refractivity contribution is 0.223. The Hall–Kier alpha value is -3.94. The molecule has 0 saturated carbocycles. The Bertz CT molecular complexity index is 1630. The number of rotatable bonds is 7. The van der Waals surface area contributed by atoms with Crippen LogP contribution in [0.4, 0.5) is 5.82 Å². The summed E-state index contributed by atoms with van der Waals surface area (Å²) < 4.78 is 12.2. The highest BCUT2D eigenvalue weighted by atomic mass is 35.5. The lowest BCUT2D eigenvalue weighted by Gasteiger charge is -2.35. The Balaban J connectivity index is 1.09. The van der Waals surface area contributed by atoms with Gasteiger partial charge in [-0.1, -0.05) is 35.9 Å². The molecule has 8 heteroatoms. The molecule has 38 heavy (non-hydrogen) atoms. The molecule has 1 aliphatic heterocycles. The van der Waals surface area contributed by atoms with Crippen LogP contribution in [0, 0.1) is 0 Å². The first-order valence-electron chi connectivity index (χ1n) is 12.8. The minimum Gasteiger partial charge on any atom is -0.486 e. The van der Waals surface area contributed by atoms with Crippen LogP contribution < -0.4 is 15.1 Å². The summed E-state index contributed by atoms with van der Waals surface area (Å²) in [5, 5.41) is 1.13. The summed E-state index contributed by atoms with van der Waals surface area (Å²) in [5.74, 6) is 1.59. The van der Waals surface area contributed by atoms with Crippen LogP contribution >= 0.6 is 11.6 Å². The number of anilines is 1. The highest BCUT2D eigenvalue weighted by Crippen LogP contribution is 2.31. The van der Waals surface area contributed by atoms with Gasteiger partial charge in [-0.2, -0.15) is 0 Å². The molecule has 2 aromatic heterocycles. The molecule has 0 unspecified atom stereocenters. The topological polar surface area (TPSA) is 71.7 Å². The van der Waals surface area contributed by atoms with Gasteiger partial charge in [-0.15, -0.1) is 0 Å². The molecule has 192 valence electrons. The van der Waals surface area contributed by atoms with Crippen molar-refractivity contribution in [3.05, 3.63) is 94.2 Å². The van der Waals surface area contributed by atoms with E-state index in [0.29, 0.717) is 28.4 Å². The van der Waals surface area contributed by atoms with Gasteiger partial charge in [0.2, 0.25) is 11.2 Å². The van der Waals surface area contributed by atoms with E-state index in [9.17, 15) is 4.79 Å².